The largest absolute Gasteiger partial charge is 0.303 e. The summed E-state index contributed by atoms with van der Waals surface area (Å²) >= 11 is 0. The second kappa shape index (κ2) is 4.26. The lowest BCUT2D eigenvalue weighted by molar-refractivity contribution is -0.112. The Morgan fingerprint density at radius 2 is 2.06 bits per heavy atom. The molecule has 0 N–H and O–H groups in total. The van der Waals surface area contributed by atoms with Crippen LogP contribution in [-0.2, 0) is 4.79 Å². The first-order valence-electron chi connectivity index (χ1n) is 7.03. The van der Waals surface area contributed by atoms with Crippen LogP contribution >= 0.6 is 0 Å². The van der Waals surface area contributed by atoms with E-state index in [0.717, 1.165) is 18.6 Å². The van der Waals surface area contributed by atoms with Crippen molar-refractivity contribution >= 4 is 6.29 Å². The van der Waals surface area contributed by atoms with Crippen molar-refractivity contribution in [3.05, 3.63) is 12.2 Å². The van der Waals surface area contributed by atoms with Crippen LogP contribution in [0.1, 0.15) is 59.3 Å². The topological polar surface area (TPSA) is 17.1 Å². The van der Waals surface area contributed by atoms with Gasteiger partial charge in [0, 0.05) is 6.42 Å². The predicted octanol–water partition coefficient (Wildman–Crippen LogP) is 4.37. The lowest BCUT2D eigenvalue weighted by atomic mass is 9.47. The van der Waals surface area contributed by atoms with Gasteiger partial charge in [0.15, 0.2) is 0 Å². The first-order valence-corrected chi connectivity index (χ1v) is 7.03. The molecule has 0 aromatic heterocycles. The van der Waals surface area contributed by atoms with Crippen LogP contribution in [0.4, 0.5) is 0 Å². The first kappa shape index (κ1) is 12.9. The second-order valence-electron chi connectivity index (χ2n) is 7.05. The van der Waals surface area contributed by atoms with Gasteiger partial charge in [-0.05, 0) is 48.3 Å². The lowest BCUT2D eigenvalue weighted by Gasteiger charge is -2.57. The summed E-state index contributed by atoms with van der Waals surface area (Å²) in [5.74, 6) is 1.19. The molecular formula is C16H26O. The Hall–Kier alpha value is -0.590. The van der Waals surface area contributed by atoms with Crippen LogP contribution in [-0.4, -0.2) is 6.29 Å². The summed E-state index contributed by atoms with van der Waals surface area (Å²) in [5.41, 5.74) is 2.08. The molecule has 2 rings (SSSR count). The normalized spacial score (nSPS) is 40.8. The minimum atomic E-state index is 0.317. The molecule has 0 aromatic rings. The smallest absolute Gasteiger partial charge is 0.120 e. The Morgan fingerprint density at radius 3 is 2.71 bits per heavy atom. The molecule has 3 atom stereocenters. The number of aldehydes is 1. The van der Waals surface area contributed by atoms with Gasteiger partial charge in [-0.3, -0.25) is 0 Å². The number of hydrogen-bond acceptors (Lipinski definition) is 1. The summed E-state index contributed by atoms with van der Waals surface area (Å²) in [6.07, 6.45) is 8.11. The standard InChI is InChI=1S/C16H26O/c1-12-6-7-14-15(2,3)9-5-10-16(14,4)13(12)8-11-17/h11,13-14H,1,5-10H2,2-4H3. The highest BCUT2D eigenvalue weighted by molar-refractivity contribution is 5.51. The third-order valence-electron chi connectivity index (χ3n) is 5.65. The predicted molar refractivity (Wildman–Crippen MR) is 71.8 cm³/mol. The van der Waals surface area contributed by atoms with Crippen LogP contribution in [0.25, 0.3) is 0 Å². The molecule has 0 aromatic carbocycles. The van der Waals surface area contributed by atoms with E-state index in [0.29, 0.717) is 23.2 Å². The fourth-order valence-corrected chi connectivity index (χ4v) is 4.81. The average molecular weight is 234 g/mol. The van der Waals surface area contributed by atoms with E-state index in [1.54, 1.807) is 0 Å². The summed E-state index contributed by atoms with van der Waals surface area (Å²) in [6.45, 7) is 11.5. The molecular weight excluding hydrogens is 208 g/mol. The zero-order valence-corrected chi connectivity index (χ0v) is 11.6. The molecule has 0 bridgehead atoms. The summed E-state index contributed by atoms with van der Waals surface area (Å²) in [5, 5.41) is 0. The fraction of sp³-hybridized carbons (Fsp3) is 0.812. The van der Waals surface area contributed by atoms with E-state index in [-0.39, 0.29) is 0 Å². The number of fused-ring (bicyclic) bond motifs is 1. The molecule has 3 unspecified atom stereocenters. The molecule has 2 aliphatic carbocycles. The first-order chi connectivity index (χ1) is 7.92. The van der Waals surface area contributed by atoms with Crippen LogP contribution in [0, 0.1) is 22.7 Å². The van der Waals surface area contributed by atoms with Crippen molar-refractivity contribution < 1.29 is 4.79 Å². The third-order valence-corrected chi connectivity index (χ3v) is 5.65. The molecule has 17 heavy (non-hydrogen) atoms. The zero-order chi connectivity index (χ0) is 12.7. The van der Waals surface area contributed by atoms with Gasteiger partial charge in [-0.2, -0.15) is 0 Å². The van der Waals surface area contributed by atoms with Gasteiger partial charge >= 0.3 is 0 Å². The number of carbonyl (C=O) groups excluding carboxylic acids is 1. The summed E-state index contributed by atoms with van der Waals surface area (Å²) in [4.78, 5) is 11.0. The molecule has 1 heteroatoms. The Labute approximate surface area is 106 Å². The summed E-state index contributed by atoms with van der Waals surface area (Å²) < 4.78 is 0. The highest BCUT2D eigenvalue weighted by atomic mass is 16.1. The van der Waals surface area contributed by atoms with E-state index in [1.807, 2.05) is 0 Å². The van der Waals surface area contributed by atoms with Crippen molar-refractivity contribution in [3.8, 4) is 0 Å². The molecule has 0 heterocycles. The van der Waals surface area contributed by atoms with Crippen molar-refractivity contribution in [1.82, 2.24) is 0 Å². The summed E-state index contributed by atoms with van der Waals surface area (Å²) in [6, 6.07) is 0. The van der Waals surface area contributed by atoms with Crippen LogP contribution < -0.4 is 0 Å². The third kappa shape index (κ3) is 1.98. The number of carbonyl (C=O) groups is 1. The molecule has 2 aliphatic rings. The maximum atomic E-state index is 11.0. The Morgan fingerprint density at radius 1 is 1.35 bits per heavy atom. The van der Waals surface area contributed by atoms with Crippen molar-refractivity contribution in [2.75, 3.05) is 0 Å². The Bertz CT molecular complexity index is 328. The number of hydrogen-bond donors (Lipinski definition) is 0. The van der Waals surface area contributed by atoms with E-state index in [9.17, 15) is 4.79 Å². The monoisotopic (exact) mass is 234 g/mol. The minimum absolute atomic E-state index is 0.317. The van der Waals surface area contributed by atoms with E-state index >= 15 is 0 Å². The Balaban J connectivity index is 2.34. The van der Waals surface area contributed by atoms with Crippen molar-refractivity contribution in [1.29, 1.82) is 0 Å². The molecule has 0 spiro atoms. The van der Waals surface area contributed by atoms with Crippen LogP contribution in [0.2, 0.25) is 0 Å². The van der Waals surface area contributed by atoms with Crippen LogP contribution in [0.5, 0.6) is 0 Å². The molecule has 2 saturated carbocycles. The lowest BCUT2D eigenvalue weighted by Crippen LogP contribution is -2.49. The van der Waals surface area contributed by atoms with Gasteiger partial charge < -0.3 is 4.79 Å². The van der Waals surface area contributed by atoms with Gasteiger partial charge in [-0.1, -0.05) is 39.3 Å². The molecule has 1 nitrogen and oxygen atoms in total. The van der Waals surface area contributed by atoms with Gasteiger partial charge in [-0.15, -0.1) is 0 Å². The van der Waals surface area contributed by atoms with Gasteiger partial charge in [-0.25, -0.2) is 0 Å². The summed E-state index contributed by atoms with van der Waals surface area (Å²) in [7, 11) is 0. The molecule has 96 valence electrons. The zero-order valence-electron chi connectivity index (χ0n) is 11.6. The fourth-order valence-electron chi connectivity index (χ4n) is 4.81. The minimum Gasteiger partial charge on any atom is -0.303 e. The number of rotatable bonds is 2. The molecule has 2 fully saturated rings. The van der Waals surface area contributed by atoms with Crippen molar-refractivity contribution in [2.45, 2.75) is 59.3 Å². The Kier molecular flexibility index (Phi) is 3.22. The van der Waals surface area contributed by atoms with Gasteiger partial charge in [0.1, 0.15) is 6.29 Å². The van der Waals surface area contributed by atoms with E-state index < -0.39 is 0 Å². The quantitative estimate of drug-likeness (QED) is 0.512. The van der Waals surface area contributed by atoms with Crippen LogP contribution in [0.15, 0.2) is 12.2 Å². The van der Waals surface area contributed by atoms with E-state index in [1.165, 1.54) is 31.3 Å². The maximum absolute atomic E-state index is 11.0. The van der Waals surface area contributed by atoms with Gasteiger partial charge in [0.05, 0.1) is 0 Å². The molecule has 0 aliphatic heterocycles. The molecule has 0 amide bonds. The van der Waals surface area contributed by atoms with Gasteiger partial charge in [0.2, 0.25) is 0 Å². The molecule has 0 saturated heterocycles. The van der Waals surface area contributed by atoms with E-state index in [4.69, 9.17) is 0 Å². The average Bonchev–Trinajstić information content (AvgIpc) is 2.22. The molecule has 0 radical (unpaired) electrons. The SMILES string of the molecule is C=C1CCC2C(C)(C)CCCC2(C)C1CC=O. The maximum Gasteiger partial charge on any atom is 0.120 e. The highest BCUT2D eigenvalue weighted by Crippen LogP contribution is 2.61. The van der Waals surface area contributed by atoms with Crippen LogP contribution in [0.3, 0.4) is 0 Å². The van der Waals surface area contributed by atoms with E-state index in [2.05, 4.69) is 27.4 Å². The van der Waals surface area contributed by atoms with Crippen molar-refractivity contribution in [2.24, 2.45) is 22.7 Å². The number of allylic oxidation sites excluding steroid dienone is 1. The second-order valence-corrected chi connectivity index (χ2v) is 7.05. The van der Waals surface area contributed by atoms with Crippen molar-refractivity contribution in [3.63, 3.8) is 0 Å². The van der Waals surface area contributed by atoms with Gasteiger partial charge in [0.25, 0.3) is 0 Å². The highest BCUT2D eigenvalue weighted by Gasteiger charge is 2.52.